The lowest BCUT2D eigenvalue weighted by Crippen LogP contribution is -2.22. The average molecular weight is 191 g/mol. The Morgan fingerprint density at radius 3 is 2.93 bits per heavy atom. The van der Waals surface area contributed by atoms with Crippen LogP contribution in [0.3, 0.4) is 0 Å². The smallest absolute Gasteiger partial charge is 0.0681 e. The Morgan fingerprint density at radius 2 is 2.21 bits per heavy atom. The minimum atomic E-state index is 0.146. The molecule has 2 nitrogen and oxygen atoms in total. The molecule has 0 saturated heterocycles. The molecule has 1 unspecified atom stereocenters. The molecular weight excluding hydrogens is 174 g/mol. The van der Waals surface area contributed by atoms with Crippen molar-refractivity contribution >= 4 is 0 Å². The van der Waals surface area contributed by atoms with Gasteiger partial charge in [-0.3, -0.25) is 0 Å². The first kappa shape index (κ1) is 9.69. The number of aliphatic hydroxyl groups is 1. The summed E-state index contributed by atoms with van der Waals surface area (Å²) in [6, 6.07) is 6.28. The van der Waals surface area contributed by atoms with Gasteiger partial charge in [0.15, 0.2) is 0 Å². The Morgan fingerprint density at radius 1 is 1.36 bits per heavy atom. The van der Waals surface area contributed by atoms with Crippen LogP contribution in [0.15, 0.2) is 18.2 Å². The van der Waals surface area contributed by atoms with E-state index in [1.54, 1.807) is 0 Å². The summed E-state index contributed by atoms with van der Waals surface area (Å²) in [6.07, 6.45) is 3.42. The molecular formula is C12H17NO. The van der Waals surface area contributed by atoms with E-state index in [-0.39, 0.29) is 6.61 Å². The second-order valence-corrected chi connectivity index (χ2v) is 4.11. The molecule has 14 heavy (non-hydrogen) atoms. The van der Waals surface area contributed by atoms with Gasteiger partial charge in [-0.25, -0.2) is 0 Å². The second-order valence-electron chi connectivity index (χ2n) is 4.11. The van der Waals surface area contributed by atoms with E-state index < -0.39 is 0 Å². The highest BCUT2D eigenvalue weighted by Gasteiger charge is 2.17. The standard InChI is InChI=1S/C12H17NO/c13-7-9-1-3-12-6-10(8-14)2-4-11(12)5-9/h2,4,6,9,14H,1,3,5,7-8,13H2. The maximum Gasteiger partial charge on any atom is 0.0681 e. The number of hydrogen-bond donors (Lipinski definition) is 2. The van der Waals surface area contributed by atoms with Gasteiger partial charge >= 0.3 is 0 Å². The summed E-state index contributed by atoms with van der Waals surface area (Å²) < 4.78 is 0. The van der Waals surface area contributed by atoms with Crippen LogP contribution >= 0.6 is 0 Å². The van der Waals surface area contributed by atoms with E-state index in [2.05, 4.69) is 12.1 Å². The Kier molecular flexibility index (Phi) is 2.85. The van der Waals surface area contributed by atoms with Crippen LogP contribution in [0.4, 0.5) is 0 Å². The van der Waals surface area contributed by atoms with Gasteiger partial charge in [0, 0.05) is 0 Å². The third-order valence-corrected chi connectivity index (χ3v) is 3.12. The Balaban J connectivity index is 2.23. The van der Waals surface area contributed by atoms with Crippen molar-refractivity contribution < 1.29 is 5.11 Å². The van der Waals surface area contributed by atoms with Gasteiger partial charge in [-0.15, -0.1) is 0 Å². The van der Waals surface area contributed by atoms with E-state index in [0.717, 1.165) is 24.9 Å². The first-order valence-corrected chi connectivity index (χ1v) is 5.25. The fraction of sp³-hybridized carbons (Fsp3) is 0.500. The molecule has 0 saturated carbocycles. The fourth-order valence-electron chi connectivity index (χ4n) is 2.18. The monoisotopic (exact) mass is 191 g/mol. The number of nitrogens with two attached hydrogens (primary N) is 1. The molecule has 1 aliphatic rings. The van der Waals surface area contributed by atoms with Gasteiger partial charge in [0.2, 0.25) is 0 Å². The van der Waals surface area contributed by atoms with Crippen LogP contribution in [0.5, 0.6) is 0 Å². The zero-order valence-corrected chi connectivity index (χ0v) is 8.37. The van der Waals surface area contributed by atoms with Crippen LogP contribution < -0.4 is 5.73 Å². The number of aliphatic hydroxyl groups excluding tert-OH is 1. The number of benzene rings is 1. The molecule has 0 fully saturated rings. The SMILES string of the molecule is NCC1CCc2cc(CO)ccc2C1. The third kappa shape index (κ3) is 1.81. The zero-order valence-electron chi connectivity index (χ0n) is 8.37. The third-order valence-electron chi connectivity index (χ3n) is 3.12. The van der Waals surface area contributed by atoms with Crippen molar-refractivity contribution in [1.82, 2.24) is 0 Å². The van der Waals surface area contributed by atoms with Crippen LogP contribution in [0.2, 0.25) is 0 Å². The highest BCUT2D eigenvalue weighted by atomic mass is 16.3. The zero-order chi connectivity index (χ0) is 9.97. The molecule has 0 aromatic heterocycles. The van der Waals surface area contributed by atoms with Crippen molar-refractivity contribution in [2.75, 3.05) is 6.54 Å². The van der Waals surface area contributed by atoms with Crippen molar-refractivity contribution in [2.45, 2.75) is 25.9 Å². The van der Waals surface area contributed by atoms with E-state index in [1.807, 2.05) is 6.07 Å². The molecule has 3 N–H and O–H groups in total. The summed E-state index contributed by atoms with van der Waals surface area (Å²) in [6.45, 7) is 0.939. The summed E-state index contributed by atoms with van der Waals surface area (Å²) in [5, 5.41) is 9.02. The van der Waals surface area contributed by atoms with Gasteiger partial charge in [0.05, 0.1) is 6.61 Å². The van der Waals surface area contributed by atoms with E-state index in [4.69, 9.17) is 10.8 Å². The maximum absolute atomic E-state index is 9.02. The summed E-state index contributed by atoms with van der Waals surface area (Å²) in [5.74, 6) is 0.655. The molecule has 0 aliphatic heterocycles. The van der Waals surface area contributed by atoms with Crippen molar-refractivity contribution in [2.24, 2.45) is 11.7 Å². The molecule has 0 radical (unpaired) electrons. The van der Waals surface area contributed by atoms with E-state index in [9.17, 15) is 0 Å². The van der Waals surface area contributed by atoms with Crippen molar-refractivity contribution in [3.05, 3.63) is 34.9 Å². The van der Waals surface area contributed by atoms with Crippen molar-refractivity contribution in [3.63, 3.8) is 0 Å². The molecule has 2 heteroatoms. The molecule has 1 aromatic carbocycles. The van der Waals surface area contributed by atoms with E-state index in [1.165, 1.54) is 17.5 Å². The molecule has 2 rings (SSSR count). The van der Waals surface area contributed by atoms with Gasteiger partial charge in [0.25, 0.3) is 0 Å². The highest BCUT2D eigenvalue weighted by molar-refractivity contribution is 5.34. The number of hydrogen-bond acceptors (Lipinski definition) is 2. The normalized spacial score (nSPS) is 20.6. The molecule has 1 atom stereocenters. The molecule has 0 heterocycles. The minimum Gasteiger partial charge on any atom is -0.392 e. The quantitative estimate of drug-likeness (QED) is 0.739. The Labute approximate surface area is 84.7 Å². The number of fused-ring (bicyclic) bond motifs is 1. The van der Waals surface area contributed by atoms with Crippen LogP contribution in [-0.4, -0.2) is 11.7 Å². The van der Waals surface area contributed by atoms with Crippen LogP contribution in [0.1, 0.15) is 23.1 Å². The topological polar surface area (TPSA) is 46.2 Å². The molecule has 0 bridgehead atoms. The summed E-state index contributed by atoms with van der Waals surface area (Å²) in [5.41, 5.74) is 9.52. The highest BCUT2D eigenvalue weighted by Crippen LogP contribution is 2.25. The largest absolute Gasteiger partial charge is 0.392 e. The lowest BCUT2D eigenvalue weighted by Gasteiger charge is -2.23. The van der Waals surface area contributed by atoms with Crippen LogP contribution in [-0.2, 0) is 19.4 Å². The van der Waals surface area contributed by atoms with Crippen LogP contribution in [0, 0.1) is 5.92 Å². The van der Waals surface area contributed by atoms with Gasteiger partial charge in [-0.1, -0.05) is 18.2 Å². The van der Waals surface area contributed by atoms with Crippen molar-refractivity contribution in [3.8, 4) is 0 Å². The maximum atomic E-state index is 9.02. The summed E-state index contributed by atoms with van der Waals surface area (Å²) in [7, 11) is 0. The molecule has 1 aromatic rings. The number of rotatable bonds is 2. The molecule has 1 aliphatic carbocycles. The van der Waals surface area contributed by atoms with Crippen molar-refractivity contribution in [1.29, 1.82) is 0 Å². The van der Waals surface area contributed by atoms with Gasteiger partial charge in [-0.2, -0.15) is 0 Å². The van der Waals surface area contributed by atoms with Crippen LogP contribution in [0.25, 0.3) is 0 Å². The predicted octanol–water partition coefficient (Wildman–Crippen LogP) is 1.24. The molecule has 76 valence electrons. The first-order valence-electron chi connectivity index (χ1n) is 5.25. The molecule has 0 spiro atoms. The first-order chi connectivity index (χ1) is 6.83. The predicted molar refractivity (Wildman–Crippen MR) is 56.9 cm³/mol. The Hall–Kier alpha value is -0.860. The van der Waals surface area contributed by atoms with E-state index >= 15 is 0 Å². The molecule has 0 amide bonds. The fourth-order valence-corrected chi connectivity index (χ4v) is 2.18. The minimum absolute atomic E-state index is 0.146. The lowest BCUT2D eigenvalue weighted by atomic mass is 9.83. The lowest BCUT2D eigenvalue weighted by molar-refractivity contribution is 0.281. The average Bonchev–Trinajstić information content (AvgIpc) is 2.27. The van der Waals surface area contributed by atoms with Gasteiger partial charge in [0.1, 0.15) is 0 Å². The number of aryl methyl sites for hydroxylation is 1. The Bertz CT molecular complexity index is 322. The van der Waals surface area contributed by atoms with E-state index in [0.29, 0.717) is 5.92 Å². The summed E-state index contributed by atoms with van der Waals surface area (Å²) in [4.78, 5) is 0. The van der Waals surface area contributed by atoms with Gasteiger partial charge in [-0.05, 0) is 48.4 Å². The summed E-state index contributed by atoms with van der Waals surface area (Å²) >= 11 is 0. The second kappa shape index (κ2) is 4.11. The van der Waals surface area contributed by atoms with Gasteiger partial charge < -0.3 is 10.8 Å².